The minimum atomic E-state index is 0.268. The van der Waals surface area contributed by atoms with Crippen molar-refractivity contribution in [1.82, 2.24) is 5.32 Å². The largest absolute Gasteiger partial charge is 0.396 e. The van der Waals surface area contributed by atoms with E-state index in [9.17, 15) is 0 Å². The molecule has 3 heteroatoms. The van der Waals surface area contributed by atoms with Gasteiger partial charge in [0.25, 0.3) is 0 Å². The number of nitrogens with zero attached hydrogens (tertiary/aromatic N) is 1. The second kappa shape index (κ2) is 11.3. The van der Waals surface area contributed by atoms with Gasteiger partial charge in [-0.15, -0.1) is 0 Å². The van der Waals surface area contributed by atoms with E-state index in [4.69, 9.17) is 5.11 Å². The molecular weight excluding hydrogens is 332 g/mol. The van der Waals surface area contributed by atoms with Gasteiger partial charge in [-0.25, -0.2) is 4.99 Å². The number of hydrogen-bond acceptors (Lipinski definition) is 3. The lowest BCUT2D eigenvalue weighted by atomic mass is 9.97. The number of aliphatic hydroxyl groups excluding tert-OH is 1. The Kier molecular flexibility index (Phi) is 8.79. The highest BCUT2D eigenvalue weighted by Gasteiger charge is 2.02. The zero-order chi connectivity index (χ0) is 19.5. The van der Waals surface area contributed by atoms with Crippen LogP contribution in [0.3, 0.4) is 0 Å². The average molecular weight is 365 g/mol. The normalized spacial score (nSPS) is 19.3. The second-order valence-electron chi connectivity index (χ2n) is 7.19. The number of allylic oxidation sites excluding steroid dienone is 4. The van der Waals surface area contributed by atoms with Crippen molar-refractivity contribution >= 4 is 5.84 Å². The molecule has 1 heterocycles. The van der Waals surface area contributed by atoms with Gasteiger partial charge in [0, 0.05) is 25.1 Å². The first-order chi connectivity index (χ1) is 13.1. The topological polar surface area (TPSA) is 44.6 Å². The van der Waals surface area contributed by atoms with Crippen molar-refractivity contribution in [2.45, 2.75) is 46.0 Å². The summed E-state index contributed by atoms with van der Waals surface area (Å²) in [6, 6.07) is 8.66. The van der Waals surface area contributed by atoms with Crippen LogP contribution in [0.5, 0.6) is 0 Å². The third-order valence-electron chi connectivity index (χ3n) is 4.68. The Morgan fingerprint density at radius 3 is 2.67 bits per heavy atom. The Hall–Kier alpha value is -2.39. The van der Waals surface area contributed by atoms with E-state index >= 15 is 0 Å². The van der Waals surface area contributed by atoms with Crippen LogP contribution in [-0.4, -0.2) is 17.5 Å². The van der Waals surface area contributed by atoms with Crippen LogP contribution in [0.4, 0.5) is 0 Å². The van der Waals surface area contributed by atoms with E-state index in [1.165, 1.54) is 16.7 Å². The summed E-state index contributed by atoms with van der Waals surface area (Å²) in [6.07, 6.45) is 17.4. The van der Waals surface area contributed by atoms with Gasteiger partial charge in [0.1, 0.15) is 5.84 Å². The molecule has 0 aromatic heterocycles. The van der Waals surface area contributed by atoms with Crippen molar-refractivity contribution in [3.05, 3.63) is 83.7 Å². The molecule has 1 aliphatic heterocycles. The molecule has 0 radical (unpaired) electrons. The van der Waals surface area contributed by atoms with Crippen LogP contribution in [0.1, 0.15) is 50.2 Å². The Morgan fingerprint density at radius 2 is 2.07 bits per heavy atom. The Labute approximate surface area is 163 Å². The molecule has 0 spiro atoms. The Morgan fingerprint density at radius 1 is 1.30 bits per heavy atom. The van der Waals surface area contributed by atoms with E-state index in [2.05, 4.69) is 79.6 Å². The van der Waals surface area contributed by atoms with E-state index in [1.54, 1.807) is 0 Å². The van der Waals surface area contributed by atoms with Gasteiger partial charge < -0.3 is 10.4 Å². The fraction of sp³-hybridized carbons (Fsp3) is 0.375. The summed E-state index contributed by atoms with van der Waals surface area (Å²) in [7, 11) is 0. The third kappa shape index (κ3) is 7.79. The number of aliphatic imine (C=N–C) groups is 1. The second-order valence-corrected chi connectivity index (χ2v) is 7.19. The molecule has 2 atom stereocenters. The van der Waals surface area contributed by atoms with E-state index in [1.807, 2.05) is 18.5 Å². The standard InChI is InChI=1S/C15H18N2.C9H14O/c1-12-5-7-14(8-6-12)13(2)9-11-17-15-4-3-10-16-15;1-8-2-4-9(5-3-8)6-7-10/h3,5-11,13H,4H2,1-2H3,(H,16,17);2,4-5,8,10H,3,6-7H2,1H3/b11-9-;. The van der Waals surface area contributed by atoms with Crippen molar-refractivity contribution < 1.29 is 5.11 Å². The monoisotopic (exact) mass is 364 g/mol. The number of nitrogens with one attached hydrogen (secondary N) is 1. The van der Waals surface area contributed by atoms with Crippen LogP contribution in [-0.2, 0) is 0 Å². The number of benzene rings is 1. The van der Waals surface area contributed by atoms with Crippen molar-refractivity contribution in [2.75, 3.05) is 6.61 Å². The molecule has 0 fully saturated rings. The number of hydrogen-bond donors (Lipinski definition) is 2. The molecule has 0 amide bonds. The minimum absolute atomic E-state index is 0.268. The molecular formula is C24H32N2O. The zero-order valence-electron chi connectivity index (χ0n) is 16.7. The molecule has 2 unspecified atom stereocenters. The van der Waals surface area contributed by atoms with Crippen LogP contribution in [0.15, 0.2) is 77.6 Å². The molecule has 144 valence electrons. The van der Waals surface area contributed by atoms with Gasteiger partial charge in [0.2, 0.25) is 0 Å². The fourth-order valence-electron chi connectivity index (χ4n) is 2.81. The summed E-state index contributed by atoms with van der Waals surface area (Å²) in [4.78, 5) is 4.19. The molecule has 0 bridgehead atoms. The smallest absolute Gasteiger partial charge is 0.109 e. The molecule has 1 aromatic carbocycles. The van der Waals surface area contributed by atoms with E-state index in [-0.39, 0.29) is 6.61 Å². The van der Waals surface area contributed by atoms with Crippen LogP contribution in [0.2, 0.25) is 0 Å². The third-order valence-corrected chi connectivity index (χ3v) is 4.68. The Bertz CT molecular complexity index is 723. The molecule has 3 nitrogen and oxygen atoms in total. The quantitative estimate of drug-likeness (QED) is 0.734. The average Bonchev–Trinajstić information content (AvgIpc) is 3.18. The first-order valence-electron chi connectivity index (χ1n) is 9.78. The van der Waals surface area contributed by atoms with Crippen molar-refractivity contribution in [2.24, 2.45) is 10.9 Å². The molecule has 3 rings (SSSR count). The minimum Gasteiger partial charge on any atom is -0.396 e. The van der Waals surface area contributed by atoms with Crippen molar-refractivity contribution in [1.29, 1.82) is 0 Å². The van der Waals surface area contributed by atoms with Gasteiger partial charge in [0.15, 0.2) is 0 Å². The predicted molar refractivity (Wildman–Crippen MR) is 116 cm³/mol. The maximum Gasteiger partial charge on any atom is 0.109 e. The first-order valence-corrected chi connectivity index (χ1v) is 9.78. The highest BCUT2D eigenvalue weighted by Crippen LogP contribution is 2.17. The lowest BCUT2D eigenvalue weighted by Gasteiger charge is -2.09. The summed E-state index contributed by atoms with van der Waals surface area (Å²) in [5, 5.41) is 11.8. The lowest BCUT2D eigenvalue weighted by molar-refractivity contribution is 0.300. The maximum absolute atomic E-state index is 8.61. The van der Waals surface area contributed by atoms with Gasteiger partial charge in [0.05, 0.1) is 0 Å². The van der Waals surface area contributed by atoms with Crippen molar-refractivity contribution in [3.8, 4) is 0 Å². The molecule has 2 N–H and O–H groups in total. The summed E-state index contributed by atoms with van der Waals surface area (Å²) >= 11 is 0. The van der Waals surface area contributed by atoms with Gasteiger partial charge in [-0.1, -0.05) is 79.6 Å². The van der Waals surface area contributed by atoms with Gasteiger partial charge in [-0.05, 0) is 37.4 Å². The highest BCUT2D eigenvalue weighted by molar-refractivity contribution is 5.86. The van der Waals surface area contributed by atoms with Crippen molar-refractivity contribution in [3.63, 3.8) is 0 Å². The van der Waals surface area contributed by atoms with Gasteiger partial charge in [-0.2, -0.15) is 0 Å². The van der Waals surface area contributed by atoms with E-state index < -0.39 is 0 Å². The number of aliphatic hydroxyl groups is 1. The molecule has 0 saturated heterocycles. The molecule has 2 aliphatic rings. The van der Waals surface area contributed by atoms with E-state index in [0.29, 0.717) is 11.8 Å². The summed E-state index contributed by atoms with van der Waals surface area (Å²) in [6.45, 7) is 6.77. The number of rotatable bonds is 5. The highest BCUT2D eigenvalue weighted by atomic mass is 16.2. The molecule has 0 saturated carbocycles. The molecule has 1 aromatic rings. The first kappa shape index (κ1) is 20.9. The number of aryl methyl sites for hydroxylation is 1. The van der Waals surface area contributed by atoms with Crippen LogP contribution in [0, 0.1) is 12.8 Å². The van der Waals surface area contributed by atoms with E-state index in [0.717, 1.165) is 25.1 Å². The SMILES string of the molecule is CC1C=CC(CCO)=CC1.Cc1ccc(C(C)/C=C\NC2=NC=CC2)cc1. The van der Waals surface area contributed by atoms with Gasteiger partial charge in [-0.3, -0.25) is 0 Å². The predicted octanol–water partition coefficient (Wildman–Crippen LogP) is 5.41. The van der Waals surface area contributed by atoms with Crippen LogP contribution < -0.4 is 5.32 Å². The summed E-state index contributed by atoms with van der Waals surface area (Å²) in [5.74, 6) is 2.11. The lowest BCUT2D eigenvalue weighted by Crippen LogP contribution is -2.14. The maximum atomic E-state index is 8.61. The number of amidine groups is 1. The summed E-state index contributed by atoms with van der Waals surface area (Å²) in [5.41, 5.74) is 3.91. The Balaban J connectivity index is 0.000000223. The van der Waals surface area contributed by atoms with Crippen LogP contribution in [0.25, 0.3) is 0 Å². The van der Waals surface area contributed by atoms with Gasteiger partial charge >= 0.3 is 0 Å². The molecule has 27 heavy (non-hydrogen) atoms. The fourth-order valence-corrected chi connectivity index (χ4v) is 2.81. The summed E-state index contributed by atoms with van der Waals surface area (Å²) < 4.78 is 0. The zero-order valence-corrected chi connectivity index (χ0v) is 16.7. The van der Waals surface area contributed by atoms with Crippen LogP contribution >= 0.6 is 0 Å². The molecule has 1 aliphatic carbocycles.